The molecule has 124 valence electrons. The average Bonchev–Trinajstić information content (AvgIpc) is 3.02. The largest absolute Gasteiger partial charge is 0.339 e. The maximum absolute atomic E-state index is 12.7. The number of nitrogens with zero attached hydrogens (tertiary/aromatic N) is 4. The van der Waals surface area contributed by atoms with Gasteiger partial charge in [0.05, 0.1) is 11.9 Å². The van der Waals surface area contributed by atoms with Crippen LogP contribution in [0, 0.1) is 13.8 Å². The summed E-state index contributed by atoms with van der Waals surface area (Å²) in [5, 5.41) is 4.43. The summed E-state index contributed by atoms with van der Waals surface area (Å²) in [6.07, 6.45) is 3.36. The fourth-order valence-electron chi connectivity index (χ4n) is 2.84. The topological polar surface area (TPSA) is 50.5 Å². The summed E-state index contributed by atoms with van der Waals surface area (Å²) in [4.78, 5) is 18.8. The molecule has 5 heteroatoms. The first-order chi connectivity index (χ1) is 11.6. The Labute approximate surface area is 141 Å². The van der Waals surface area contributed by atoms with Crippen LogP contribution in [-0.2, 0) is 0 Å². The lowest BCUT2D eigenvalue weighted by Gasteiger charge is -2.17. The second-order valence-electron chi connectivity index (χ2n) is 5.90. The lowest BCUT2D eigenvalue weighted by molar-refractivity contribution is 0.0774. The molecular formula is C19H22N4O. The van der Waals surface area contributed by atoms with Crippen LogP contribution in [0.5, 0.6) is 0 Å². The molecule has 0 aliphatic rings. The zero-order valence-electron chi connectivity index (χ0n) is 14.6. The summed E-state index contributed by atoms with van der Waals surface area (Å²) < 4.78 is 1.75. The molecular weight excluding hydrogens is 300 g/mol. The molecule has 0 unspecified atom stereocenters. The van der Waals surface area contributed by atoms with Crippen molar-refractivity contribution in [2.45, 2.75) is 27.7 Å². The van der Waals surface area contributed by atoms with Crippen LogP contribution in [-0.4, -0.2) is 38.5 Å². The number of hydrogen-bond acceptors (Lipinski definition) is 3. The fourth-order valence-corrected chi connectivity index (χ4v) is 2.84. The third-order valence-corrected chi connectivity index (χ3v) is 4.48. The van der Waals surface area contributed by atoms with Gasteiger partial charge in [0, 0.05) is 24.8 Å². The van der Waals surface area contributed by atoms with Crippen molar-refractivity contribution in [1.29, 1.82) is 0 Å². The molecule has 3 aromatic rings. The van der Waals surface area contributed by atoms with E-state index in [0.717, 1.165) is 11.3 Å². The van der Waals surface area contributed by atoms with E-state index in [1.165, 1.54) is 11.1 Å². The van der Waals surface area contributed by atoms with Gasteiger partial charge in [-0.25, -0.2) is 9.50 Å². The Morgan fingerprint density at radius 3 is 2.54 bits per heavy atom. The van der Waals surface area contributed by atoms with Crippen molar-refractivity contribution in [3.8, 4) is 11.3 Å². The Hall–Kier alpha value is -2.69. The van der Waals surface area contributed by atoms with Gasteiger partial charge in [-0.3, -0.25) is 4.79 Å². The van der Waals surface area contributed by atoms with Gasteiger partial charge in [0.25, 0.3) is 5.91 Å². The van der Waals surface area contributed by atoms with Gasteiger partial charge >= 0.3 is 0 Å². The quantitative estimate of drug-likeness (QED) is 0.739. The maximum atomic E-state index is 12.7. The highest BCUT2D eigenvalue weighted by molar-refractivity contribution is 5.99. The second kappa shape index (κ2) is 6.43. The Morgan fingerprint density at radius 2 is 1.88 bits per heavy atom. The summed E-state index contributed by atoms with van der Waals surface area (Å²) in [6, 6.07) is 8.24. The van der Waals surface area contributed by atoms with E-state index < -0.39 is 0 Å². The van der Waals surface area contributed by atoms with E-state index in [2.05, 4.69) is 42.1 Å². The zero-order valence-corrected chi connectivity index (χ0v) is 14.6. The number of carbonyl (C=O) groups is 1. The molecule has 0 aliphatic carbocycles. The molecule has 1 aromatic carbocycles. The highest BCUT2D eigenvalue weighted by Gasteiger charge is 2.19. The number of amides is 1. The van der Waals surface area contributed by atoms with Crippen LogP contribution in [0.25, 0.3) is 16.9 Å². The summed E-state index contributed by atoms with van der Waals surface area (Å²) in [6.45, 7) is 9.47. The van der Waals surface area contributed by atoms with Crippen molar-refractivity contribution in [3.63, 3.8) is 0 Å². The molecule has 0 radical (unpaired) electrons. The minimum Gasteiger partial charge on any atom is -0.339 e. The molecule has 2 aromatic heterocycles. The molecule has 1 amide bonds. The van der Waals surface area contributed by atoms with Gasteiger partial charge in [-0.1, -0.05) is 12.1 Å². The third kappa shape index (κ3) is 2.66. The SMILES string of the molecule is CCN(CC)C(=O)c1cnn2c(-c3ccc(C)c(C)c3)ccnc12. The number of aromatic nitrogens is 3. The van der Waals surface area contributed by atoms with Crippen molar-refractivity contribution in [2.24, 2.45) is 0 Å². The van der Waals surface area contributed by atoms with E-state index in [9.17, 15) is 4.79 Å². The van der Waals surface area contributed by atoms with Gasteiger partial charge in [-0.2, -0.15) is 5.10 Å². The van der Waals surface area contributed by atoms with Gasteiger partial charge < -0.3 is 4.90 Å². The number of aryl methyl sites for hydroxylation is 2. The van der Waals surface area contributed by atoms with Crippen molar-refractivity contribution in [3.05, 3.63) is 53.3 Å². The molecule has 0 atom stereocenters. The van der Waals surface area contributed by atoms with E-state index in [4.69, 9.17) is 0 Å². The van der Waals surface area contributed by atoms with E-state index in [0.29, 0.717) is 24.3 Å². The highest BCUT2D eigenvalue weighted by Crippen LogP contribution is 2.23. The molecule has 0 aliphatic heterocycles. The summed E-state index contributed by atoms with van der Waals surface area (Å²) in [7, 11) is 0. The standard InChI is InChI=1S/C19H22N4O/c1-5-22(6-2)19(24)16-12-21-23-17(9-10-20-18(16)23)15-8-7-13(3)14(4)11-15/h7-12H,5-6H2,1-4H3. The first-order valence-corrected chi connectivity index (χ1v) is 8.26. The Kier molecular flexibility index (Phi) is 4.34. The van der Waals surface area contributed by atoms with E-state index in [1.54, 1.807) is 21.8 Å². The predicted octanol–water partition coefficient (Wildman–Crippen LogP) is 3.50. The number of rotatable bonds is 4. The van der Waals surface area contributed by atoms with E-state index in [-0.39, 0.29) is 5.91 Å². The molecule has 2 heterocycles. The molecule has 0 fully saturated rings. The van der Waals surface area contributed by atoms with Crippen molar-refractivity contribution in [2.75, 3.05) is 13.1 Å². The van der Waals surface area contributed by atoms with Crippen LogP contribution in [0.1, 0.15) is 35.3 Å². The van der Waals surface area contributed by atoms with Crippen LogP contribution in [0.3, 0.4) is 0 Å². The van der Waals surface area contributed by atoms with Crippen LogP contribution in [0.15, 0.2) is 36.7 Å². The van der Waals surface area contributed by atoms with Crippen molar-refractivity contribution < 1.29 is 4.79 Å². The van der Waals surface area contributed by atoms with Crippen LogP contribution >= 0.6 is 0 Å². The average molecular weight is 322 g/mol. The first kappa shape index (κ1) is 16.2. The minimum atomic E-state index is -0.0280. The van der Waals surface area contributed by atoms with Gasteiger partial charge in [0.15, 0.2) is 5.65 Å². The van der Waals surface area contributed by atoms with Crippen LogP contribution in [0.4, 0.5) is 0 Å². The fraction of sp³-hybridized carbons (Fsp3) is 0.316. The molecule has 0 saturated carbocycles. The summed E-state index contributed by atoms with van der Waals surface area (Å²) in [5.74, 6) is -0.0280. The molecule has 0 N–H and O–H groups in total. The summed E-state index contributed by atoms with van der Waals surface area (Å²) >= 11 is 0. The lowest BCUT2D eigenvalue weighted by Crippen LogP contribution is -2.30. The Morgan fingerprint density at radius 1 is 1.12 bits per heavy atom. The highest BCUT2D eigenvalue weighted by atomic mass is 16.2. The van der Waals surface area contributed by atoms with Crippen molar-refractivity contribution in [1.82, 2.24) is 19.5 Å². The number of hydrogen-bond donors (Lipinski definition) is 0. The number of carbonyl (C=O) groups excluding carboxylic acids is 1. The Bertz CT molecular complexity index is 894. The van der Waals surface area contributed by atoms with E-state index in [1.807, 2.05) is 19.9 Å². The number of fused-ring (bicyclic) bond motifs is 1. The van der Waals surface area contributed by atoms with Gasteiger partial charge in [0.2, 0.25) is 0 Å². The molecule has 0 spiro atoms. The van der Waals surface area contributed by atoms with Gasteiger partial charge in [0.1, 0.15) is 5.56 Å². The Balaban J connectivity index is 2.13. The zero-order chi connectivity index (χ0) is 17.3. The molecule has 3 rings (SSSR count). The van der Waals surface area contributed by atoms with Crippen LogP contribution < -0.4 is 0 Å². The first-order valence-electron chi connectivity index (χ1n) is 8.26. The minimum absolute atomic E-state index is 0.0280. The lowest BCUT2D eigenvalue weighted by atomic mass is 10.0. The van der Waals surface area contributed by atoms with Gasteiger partial charge in [-0.15, -0.1) is 0 Å². The van der Waals surface area contributed by atoms with E-state index >= 15 is 0 Å². The molecule has 0 saturated heterocycles. The van der Waals surface area contributed by atoms with Crippen molar-refractivity contribution >= 4 is 11.6 Å². The number of benzene rings is 1. The molecule has 0 bridgehead atoms. The summed E-state index contributed by atoms with van der Waals surface area (Å²) in [5.41, 5.74) is 5.62. The monoisotopic (exact) mass is 322 g/mol. The third-order valence-electron chi connectivity index (χ3n) is 4.48. The van der Waals surface area contributed by atoms with Crippen LogP contribution in [0.2, 0.25) is 0 Å². The smallest absolute Gasteiger partial charge is 0.259 e. The second-order valence-corrected chi connectivity index (χ2v) is 5.90. The predicted molar refractivity (Wildman–Crippen MR) is 95.1 cm³/mol. The van der Waals surface area contributed by atoms with Gasteiger partial charge in [-0.05, 0) is 51.0 Å². The molecule has 24 heavy (non-hydrogen) atoms. The molecule has 5 nitrogen and oxygen atoms in total. The normalized spacial score (nSPS) is 11.0. The maximum Gasteiger partial charge on any atom is 0.259 e.